The number of nitrogens with zero attached hydrogens (tertiary/aromatic N) is 1. The molecule has 4 nitrogen and oxygen atoms in total. The molecule has 1 rings (SSSR count). The van der Waals surface area contributed by atoms with E-state index in [9.17, 15) is 10.1 Å². The number of rotatable bonds is 4. The van der Waals surface area contributed by atoms with Crippen LogP contribution in [0.5, 0.6) is 0 Å². The van der Waals surface area contributed by atoms with Crippen molar-refractivity contribution in [1.29, 1.82) is 0 Å². The molecule has 1 aromatic carbocycles. The second-order valence-corrected chi connectivity index (χ2v) is 2.72. The Kier molecular flexibility index (Phi) is 3.52. The first-order valence-electron chi connectivity index (χ1n) is 3.63. The molecule has 0 aliphatic heterocycles. The van der Waals surface area contributed by atoms with Crippen molar-refractivity contribution in [2.75, 3.05) is 0 Å². The lowest BCUT2D eigenvalue weighted by Gasteiger charge is -2.01. The monoisotopic (exact) mass is 201 g/mol. The summed E-state index contributed by atoms with van der Waals surface area (Å²) in [6.45, 7) is -0.0300. The van der Waals surface area contributed by atoms with E-state index in [4.69, 9.17) is 11.6 Å². The molecule has 13 heavy (non-hydrogen) atoms. The fourth-order valence-corrected chi connectivity index (χ4v) is 1.10. The van der Waals surface area contributed by atoms with Crippen LogP contribution in [0.25, 0.3) is 0 Å². The predicted molar refractivity (Wildman–Crippen MR) is 47.8 cm³/mol. The van der Waals surface area contributed by atoms with Gasteiger partial charge in [0.05, 0.1) is 0 Å². The van der Waals surface area contributed by atoms with Gasteiger partial charge in [0.15, 0.2) is 0 Å². The Hall–Kier alpha value is -1.29. The average Bonchev–Trinajstić information content (AvgIpc) is 2.15. The Bertz CT molecular complexity index is 303. The van der Waals surface area contributed by atoms with E-state index in [-0.39, 0.29) is 6.61 Å². The highest BCUT2D eigenvalue weighted by atomic mass is 35.5. The van der Waals surface area contributed by atoms with Crippen molar-refractivity contribution in [2.45, 2.75) is 12.5 Å². The molecule has 0 unspecified atom stereocenters. The molecule has 0 N–H and O–H groups in total. The van der Waals surface area contributed by atoms with Gasteiger partial charge in [-0.05, 0) is 11.1 Å². The maximum absolute atomic E-state index is 9.88. The van der Waals surface area contributed by atoms with Crippen LogP contribution in [0.1, 0.15) is 11.1 Å². The summed E-state index contributed by atoms with van der Waals surface area (Å²) < 4.78 is 0. The fourth-order valence-electron chi connectivity index (χ4n) is 0.930. The van der Waals surface area contributed by atoms with E-state index in [0.29, 0.717) is 5.88 Å². The summed E-state index contributed by atoms with van der Waals surface area (Å²) in [7, 11) is 0. The Balaban J connectivity index is 2.61. The molecule has 5 heteroatoms. The summed E-state index contributed by atoms with van der Waals surface area (Å²) in [5.74, 6) is 0.395. The van der Waals surface area contributed by atoms with E-state index in [1.165, 1.54) is 0 Å². The van der Waals surface area contributed by atoms with Crippen LogP contribution in [0.4, 0.5) is 0 Å². The van der Waals surface area contributed by atoms with Crippen LogP contribution in [-0.4, -0.2) is 5.09 Å². The van der Waals surface area contributed by atoms with Crippen LogP contribution in [0.3, 0.4) is 0 Å². The maximum atomic E-state index is 9.88. The number of hydrogen-bond donors (Lipinski definition) is 0. The van der Waals surface area contributed by atoms with Gasteiger partial charge >= 0.3 is 0 Å². The maximum Gasteiger partial charge on any atom is 0.294 e. The summed E-state index contributed by atoms with van der Waals surface area (Å²) in [6, 6.07) is 7.16. The zero-order chi connectivity index (χ0) is 9.68. The first-order valence-corrected chi connectivity index (χ1v) is 4.17. The highest BCUT2D eigenvalue weighted by Gasteiger charge is 1.98. The first-order chi connectivity index (χ1) is 6.22. The van der Waals surface area contributed by atoms with Gasteiger partial charge in [0.25, 0.3) is 5.09 Å². The van der Waals surface area contributed by atoms with E-state index in [0.717, 1.165) is 11.1 Å². The van der Waals surface area contributed by atoms with Crippen LogP contribution < -0.4 is 0 Å². The molecule has 0 spiro atoms. The van der Waals surface area contributed by atoms with Crippen molar-refractivity contribution in [3.63, 3.8) is 0 Å². The zero-order valence-electron chi connectivity index (χ0n) is 6.77. The van der Waals surface area contributed by atoms with Gasteiger partial charge in [0.2, 0.25) is 0 Å². The molecule has 0 atom stereocenters. The van der Waals surface area contributed by atoms with Gasteiger partial charge in [-0.25, -0.2) is 0 Å². The first kappa shape index (κ1) is 9.80. The normalized spacial score (nSPS) is 9.62. The number of hydrogen-bond acceptors (Lipinski definition) is 3. The molecule has 0 aliphatic carbocycles. The molecule has 0 amide bonds. The van der Waals surface area contributed by atoms with Crippen LogP contribution in [-0.2, 0) is 17.3 Å². The standard InChI is InChI=1S/C8H8ClNO3/c9-5-7-2-1-3-8(4-7)6-13-10(11)12/h1-4H,5-6H2. The molecule has 0 bridgehead atoms. The lowest BCUT2D eigenvalue weighted by molar-refractivity contribution is -0.763. The minimum Gasteiger partial charge on any atom is -0.309 e. The van der Waals surface area contributed by atoms with Gasteiger partial charge in [-0.1, -0.05) is 24.3 Å². The van der Waals surface area contributed by atoms with E-state index >= 15 is 0 Å². The quantitative estimate of drug-likeness (QED) is 0.426. The lowest BCUT2D eigenvalue weighted by Crippen LogP contribution is -2.00. The summed E-state index contributed by atoms with van der Waals surface area (Å²) in [5.41, 5.74) is 1.67. The summed E-state index contributed by atoms with van der Waals surface area (Å²) in [5, 5.41) is 9.07. The van der Waals surface area contributed by atoms with Crippen molar-refractivity contribution in [2.24, 2.45) is 0 Å². The van der Waals surface area contributed by atoms with Crippen molar-refractivity contribution in [3.8, 4) is 0 Å². The van der Waals surface area contributed by atoms with Crippen LogP contribution in [0, 0.1) is 10.1 Å². The minimum atomic E-state index is -0.812. The van der Waals surface area contributed by atoms with Gasteiger partial charge in [0.1, 0.15) is 6.61 Å². The number of benzene rings is 1. The third-order valence-electron chi connectivity index (χ3n) is 1.48. The van der Waals surface area contributed by atoms with Gasteiger partial charge in [-0.2, -0.15) is 0 Å². The number of alkyl halides is 1. The molecule has 0 heterocycles. The minimum absolute atomic E-state index is 0.0300. The molecular formula is C8H8ClNO3. The second-order valence-electron chi connectivity index (χ2n) is 2.45. The molecule has 0 saturated heterocycles. The lowest BCUT2D eigenvalue weighted by atomic mass is 10.1. The topological polar surface area (TPSA) is 52.4 Å². The largest absolute Gasteiger partial charge is 0.309 e. The van der Waals surface area contributed by atoms with E-state index in [1.54, 1.807) is 18.2 Å². The highest BCUT2D eigenvalue weighted by Crippen LogP contribution is 2.08. The molecule has 0 aromatic heterocycles. The van der Waals surface area contributed by atoms with Gasteiger partial charge < -0.3 is 4.84 Å². The van der Waals surface area contributed by atoms with Crippen LogP contribution in [0.2, 0.25) is 0 Å². The Morgan fingerprint density at radius 1 is 1.46 bits per heavy atom. The molecule has 0 saturated carbocycles. The molecule has 0 radical (unpaired) electrons. The Morgan fingerprint density at radius 2 is 2.15 bits per heavy atom. The Morgan fingerprint density at radius 3 is 2.77 bits per heavy atom. The molecule has 1 aromatic rings. The zero-order valence-corrected chi connectivity index (χ0v) is 7.53. The van der Waals surface area contributed by atoms with Gasteiger partial charge in [-0.15, -0.1) is 21.7 Å². The van der Waals surface area contributed by atoms with E-state index < -0.39 is 5.09 Å². The fraction of sp³-hybridized carbons (Fsp3) is 0.250. The van der Waals surface area contributed by atoms with Crippen molar-refractivity contribution < 1.29 is 9.92 Å². The summed E-state index contributed by atoms with van der Waals surface area (Å²) in [6.07, 6.45) is 0. The third-order valence-corrected chi connectivity index (χ3v) is 1.79. The van der Waals surface area contributed by atoms with Crippen LogP contribution >= 0.6 is 11.6 Å². The van der Waals surface area contributed by atoms with Crippen LogP contribution in [0.15, 0.2) is 24.3 Å². The molecule has 0 aliphatic rings. The SMILES string of the molecule is O=[N+]([O-])OCc1cccc(CCl)c1. The molecule has 0 fully saturated rings. The van der Waals surface area contributed by atoms with Crippen molar-refractivity contribution in [1.82, 2.24) is 0 Å². The van der Waals surface area contributed by atoms with Crippen molar-refractivity contribution in [3.05, 3.63) is 45.5 Å². The van der Waals surface area contributed by atoms with Crippen molar-refractivity contribution >= 4 is 11.6 Å². The molecule has 70 valence electrons. The van der Waals surface area contributed by atoms with Gasteiger partial charge in [-0.3, -0.25) is 0 Å². The highest BCUT2D eigenvalue weighted by molar-refractivity contribution is 6.17. The van der Waals surface area contributed by atoms with Gasteiger partial charge in [0, 0.05) is 5.88 Å². The second kappa shape index (κ2) is 4.67. The smallest absolute Gasteiger partial charge is 0.294 e. The summed E-state index contributed by atoms with van der Waals surface area (Å²) >= 11 is 5.59. The average molecular weight is 202 g/mol. The summed E-state index contributed by atoms with van der Waals surface area (Å²) in [4.78, 5) is 14.1. The van der Waals surface area contributed by atoms with E-state index in [2.05, 4.69) is 4.84 Å². The predicted octanol–water partition coefficient (Wildman–Crippen LogP) is 2.13. The number of halogens is 1. The van der Waals surface area contributed by atoms with E-state index in [1.807, 2.05) is 6.07 Å². The molecular weight excluding hydrogens is 194 g/mol. The third kappa shape index (κ3) is 3.29. The Labute approximate surface area is 80.2 Å².